The van der Waals surface area contributed by atoms with Crippen molar-refractivity contribution in [3.8, 4) is 0 Å². The highest BCUT2D eigenvalue weighted by Crippen LogP contribution is 2.16. The third-order valence-corrected chi connectivity index (χ3v) is 6.07. The molecule has 1 unspecified atom stereocenters. The Morgan fingerprint density at radius 1 is 1.50 bits per heavy atom. The van der Waals surface area contributed by atoms with E-state index < -0.39 is 25.9 Å². The lowest BCUT2D eigenvalue weighted by molar-refractivity contribution is 0.562. The van der Waals surface area contributed by atoms with Gasteiger partial charge in [-0.25, -0.2) is 21.6 Å². The Hall–Kier alpha value is -0.900. The molecule has 1 aliphatic rings. The second kappa shape index (κ2) is 4.65. The number of aromatic nitrogens is 1. The van der Waals surface area contributed by atoms with Crippen molar-refractivity contribution in [1.29, 1.82) is 0 Å². The number of hydrogen-bond acceptors (Lipinski definition) is 5. The number of H-pyrrole nitrogens is 1. The molecular formula is C9H15N3O4S2. The topological polar surface area (TPSA) is 122 Å². The van der Waals surface area contributed by atoms with Crippen molar-refractivity contribution < 1.29 is 16.8 Å². The molecule has 0 aromatic carbocycles. The third-order valence-electron chi connectivity index (χ3n) is 2.80. The summed E-state index contributed by atoms with van der Waals surface area (Å²) in [6.07, 6.45) is 1.66. The molecule has 0 bridgehead atoms. The highest BCUT2D eigenvalue weighted by Gasteiger charge is 2.31. The summed E-state index contributed by atoms with van der Waals surface area (Å²) in [5, 5.41) is 0. The van der Waals surface area contributed by atoms with Gasteiger partial charge in [0.15, 0.2) is 9.84 Å². The van der Waals surface area contributed by atoms with Gasteiger partial charge in [-0.2, -0.15) is 0 Å². The van der Waals surface area contributed by atoms with E-state index in [-0.39, 0.29) is 22.9 Å². The molecule has 0 aliphatic carbocycles. The minimum Gasteiger partial charge on any atom is -0.363 e. The van der Waals surface area contributed by atoms with E-state index in [1.54, 1.807) is 0 Å². The summed E-state index contributed by atoms with van der Waals surface area (Å²) >= 11 is 0. The minimum absolute atomic E-state index is 0.0291. The molecule has 18 heavy (non-hydrogen) atoms. The molecule has 0 spiro atoms. The van der Waals surface area contributed by atoms with Crippen LogP contribution in [0.4, 0.5) is 0 Å². The zero-order valence-corrected chi connectivity index (χ0v) is 11.2. The van der Waals surface area contributed by atoms with E-state index in [1.807, 2.05) is 0 Å². The first kappa shape index (κ1) is 13.5. The van der Waals surface area contributed by atoms with Crippen LogP contribution in [0.5, 0.6) is 0 Å². The van der Waals surface area contributed by atoms with Crippen LogP contribution in [0.3, 0.4) is 0 Å². The van der Waals surface area contributed by atoms with Crippen LogP contribution in [0.25, 0.3) is 0 Å². The molecule has 0 radical (unpaired) electrons. The number of hydrogen-bond donors (Lipinski definition) is 3. The summed E-state index contributed by atoms with van der Waals surface area (Å²) < 4.78 is 48.8. The Morgan fingerprint density at radius 2 is 2.22 bits per heavy atom. The Labute approximate surface area is 106 Å². The van der Waals surface area contributed by atoms with Crippen LogP contribution < -0.4 is 10.5 Å². The molecule has 1 aliphatic heterocycles. The number of rotatable bonds is 4. The van der Waals surface area contributed by atoms with Crippen LogP contribution in [0, 0.1) is 0 Å². The first-order chi connectivity index (χ1) is 8.32. The molecule has 0 saturated carbocycles. The minimum atomic E-state index is -3.68. The Morgan fingerprint density at radius 3 is 2.72 bits per heavy atom. The van der Waals surface area contributed by atoms with Crippen molar-refractivity contribution in [2.24, 2.45) is 5.73 Å². The summed E-state index contributed by atoms with van der Waals surface area (Å²) in [6, 6.07) is 0.891. The van der Waals surface area contributed by atoms with Crippen LogP contribution in [0.15, 0.2) is 17.2 Å². The molecule has 4 N–H and O–H groups in total. The van der Waals surface area contributed by atoms with Crippen LogP contribution in [-0.4, -0.2) is 39.4 Å². The first-order valence-electron chi connectivity index (χ1n) is 5.42. The Kier molecular flexibility index (Phi) is 3.49. The fraction of sp³-hybridized carbons (Fsp3) is 0.556. The van der Waals surface area contributed by atoms with E-state index >= 15 is 0 Å². The van der Waals surface area contributed by atoms with Crippen LogP contribution in [-0.2, 0) is 26.4 Å². The molecule has 9 heteroatoms. The molecule has 0 amide bonds. The second-order valence-electron chi connectivity index (χ2n) is 4.29. The average molecular weight is 293 g/mol. The van der Waals surface area contributed by atoms with E-state index in [9.17, 15) is 16.8 Å². The van der Waals surface area contributed by atoms with E-state index in [0.717, 1.165) is 0 Å². The number of nitrogens with one attached hydrogen (secondary N) is 2. The Balaban J connectivity index is 2.13. The van der Waals surface area contributed by atoms with Gasteiger partial charge in [-0.15, -0.1) is 0 Å². The van der Waals surface area contributed by atoms with Crippen LogP contribution in [0.2, 0.25) is 0 Å². The molecule has 1 atom stereocenters. The van der Waals surface area contributed by atoms with Gasteiger partial charge in [0.2, 0.25) is 10.0 Å². The molecule has 2 rings (SSSR count). The number of nitrogens with two attached hydrogens (primary N) is 1. The summed E-state index contributed by atoms with van der Waals surface area (Å²) in [4.78, 5) is 2.82. The van der Waals surface area contributed by atoms with Gasteiger partial charge in [0.05, 0.1) is 16.4 Å². The summed E-state index contributed by atoms with van der Waals surface area (Å²) in [5.74, 6) is -0.109. The van der Waals surface area contributed by atoms with Crippen molar-refractivity contribution in [3.05, 3.63) is 18.0 Å². The summed E-state index contributed by atoms with van der Waals surface area (Å²) in [6.45, 7) is 0.216. The zero-order valence-electron chi connectivity index (χ0n) is 9.59. The van der Waals surface area contributed by atoms with E-state index in [2.05, 4.69) is 9.71 Å². The fourth-order valence-electron chi connectivity index (χ4n) is 1.87. The third kappa shape index (κ3) is 2.91. The lowest BCUT2D eigenvalue weighted by atomic mass is 10.3. The van der Waals surface area contributed by atoms with E-state index in [1.165, 1.54) is 12.3 Å². The maximum Gasteiger partial charge on any atom is 0.242 e. The molecule has 2 heterocycles. The van der Waals surface area contributed by atoms with Gasteiger partial charge >= 0.3 is 0 Å². The molecule has 102 valence electrons. The largest absolute Gasteiger partial charge is 0.363 e. The first-order valence-corrected chi connectivity index (χ1v) is 8.73. The predicted molar refractivity (Wildman–Crippen MR) is 66.1 cm³/mol. The highest BCUT2D eigenvalue weighted by atomic mass is 32.2. The summed E-state index contributed by atoms with van der Waals surface area (Å²) in [7, 11) is -6.79. The van der Waals surface area contributed by atoms with Crippen molar-refractivity contribution in [3.63, 3.8) is 0 Å². The van der Waals surface area contributed by atoms with Gasteiger partial charge in [-0.1, -0.05) is 0 Å². The van der Waals surface area contributed by atoms with Gasteiger partial charge in [-0.3, -0.25) is 0 Å². The van der Waals surface area contributed by atoms with Crippen molar-refractivity contribution in [1.82, 2.24) is 9.71 Å². The number of aromatic amines is 1. The molecule has 7 nitrogen and oxygen atoms in total. The predicted octanol–water partition coefficient (Wildman–Crippen LogP) is -1.06. The van der Waals surface area contributed by atoms with Crippen molar-refractivity contribution in [2.75, 3.05) is 11.5 Å². The smallest absolute Gasteiger partial charge is 0.242 e. The molecule has 1 fully saturated rings. The molecule has 1 saturated heterocycles. The van der Waals surface area contributed by atoms with Crippen molar-refractivity contribution in [2.45, 2.75) is 23.9 Å². The highest BCUT2D eigenvalue weighted by molar-refractivity contribution is 7.92. The molecule has 1 aromatic rings. The molecule has 1 aromatic heterocycles. The zero-order chi connectivity index (χ0) is 13.4. The fourth-order valence-corrected chi connectivity index (χ4v) is 4.93. The summed E-state index contributed by atoms with van der Waals surface area (Å²) in [5.41, 5.74) is 5.99. The number of sulfone groups is 1. The van der Waals surface area contributed by atoms with Gasteiger partial charge < -0.3 is 10.7 Å². The average Bonchev–Trinajstić information content (AvgIpc) is 2.84. The quantitative estimate of drug-likeness (QED) is 0.653. The van der Waals surface area contributed by atoms with E-state index in [0.29, 0.717) is 12.1 Å². The molecular weight excluding hydrogens is 278 g/mol. The van der Waals surface area contributed by atoms with Crippen molar-refractivity contribution >= 4 is 19.9 Å². The van der Waals surface area contributed by atoms with Gasteiger partial charge in [0.1, 0.15) is 0 Å². The maximum atomic E-state index is 12.0. The standard InChI is InChI=1S/C9H15N3O4S2/c10-4-8-3-9(5-11-8)18(15,16)12-7-1-2-17(13,14)6-7/h3,5,7,11-12H,1-2,4,6,10H2. The second-order valence-corrected chi connectivity index (χ2v) is 8.23. The maximum absolute atomic E-state index is 12.0. The lowest BCUT2D eigenvalue weighted by Crippen LogP contribution is -2.35. The van der Waals surface area contributed by atoms with Gasteiger partial charge in [-0.05, 0) is 12.5 Å². The Bertz CT molecular complexity index is 633. The van der Waals surface area contributed by atoms with Crippen LogP contribution in [0.1, 0.15) is 12.1 Å². The van der Waals surface area contributed by atoms with Crippen LogP contribution >= 0.6 is 0 Å². The monoisotopic (exact) mass is 293 g/mol. The SMILES string of the molecule is NCc1cc(S(=O)(=O)NC2CCS(=O)(=O)C2)c[nH]1. The lowest BCUT2D eigenvalue weighted by Gasteiger charge is -2.09. The van der Waals surface area contributed by atoms with E-state index in [4.69, 9.17) is 5.73 Å². The van der Waals surface area contributed by atoms with Gasteiger partial charge in [0, 0.05) is 24.5 Å². The van der Waals surface area contributed by atoms with Gasteiger partial charge in [0.25, 0.3) is 0 Å². The normalized spacial score (nSPS) is 23.3. The number of sulfonamides is 1.